The van der Waals surface area contributed by atoms with Crippen LogP contribution < -0.4 is 10.6 Å². The zero-order chi connectivity index (χ0) is 28.9. The first-order valence-electron chi connectivity index (χ1n) is 12.5. The fraction of sp³-hybridized carbons (Fsp3) is 0.179. The monoisotopic (exact) mass is 568 g/mol. The van der Waals surface area contributed by atoms with Crippen molar-refractivity contribution in [2.75, 3.05) is 12.4 Å². The molecule has 2 N–H and O–H groups in total. The molecule has 0 aliphatic carbocycles. The Morgan fingerprint density at radius 2 is 1.88 bits per heavy atom. The first-order valence-corrected chi connectivity index (χ1v) is 13.3. The smallest absolute Gasteiger partial charge is 0.270 e. The van der Waals surface area contributed by atoms with Crippen LogP contribution in [-0.2, 0) is 0 Å². The van der Waals surface area contributed by atoms with E-state index in [9.17, 15) is 9.18 Å². The molecule has 5 aromatic heterocycles. The van der Waals surface area contributed by atoms with Gasteiger partial charge in [0.25, 0.3) is 5.91 Å². The average Bonchev–Trinajstić information content (AvgIpc) is 3.39. The van der Waals surface area contributed by atoms with Gasteiger partial charge in [-0.05, 0) is 68.2 Å². The molecule has 11 nitrogen and oxygen atoms in total. The van der Waals surface area contributed by atoms with Crippen molar-refractivity contribution in [3.63, 3.8) is 0 Å². The number of carbonyl (C=O) groups is 1. The number of rotatable bonds is 8. The van der Waals surface area contributed by atoms with Gasteiger partial charge in [0.1, 0.15) is 11.5 Å². The van der Waals surface area contributed by atoms with E-state index < -0.39 is 5.95 Å². The number of aromatic nitrogens is 7. The number of halogens is 1. The molecule has 1 amide bonds. The van der Waals surface area contributed by atoms with Gasteiger partial charge in [0, 0.05) is 48.0 Å². The Morgan fingerprint density at radius 1 is 1.02 bits per heavy atom. The molecular formula is C28H25FN10OS. The SMILES string of the molecule is CN=Cc1nc(Nc2cc(C)nc(-c3ccc(C(=O)NC(C)c4ccc(-c5ccc(F)nc5C)nc4)nc3)n2)ns1. The Hall–Kier alpha value is -5.04. The number of nitrogens with one attached hydrogen (secondary N) is 2. The Balaban J connectivity index is 1.25. The molecule has 0 bridgehead atoms. The molecule has 13 heteroatoms. The molecule has 1 atom stereocenters. The van der Waals surface area contributed by atoms with Gasteiger partial charge in [0.15, 0.2) is 10.8 Å². The van der Waals surface area contributed by atoms with Crippen LogP contribution in [0.2, 0.25) is 0 Å². The number of pyridine rings is 3. The third kappa shape index (κ3) is 6.58. The lowest BCUT2D eigenvalue weighted by Crippen LogP contribution is -2.27. The number of aliphatic imine (C=N–C) groups is 1. The molecule has 5 heterocycles. The summed E-state index contributed by atoms with van der Waals surface area (Å²) in [7, 11) is 1.67. The summed E-state index contributed by atoms with van der Waals surface area (Å²) in [5.41, 5.74) is 4.42. The Bertz CT molecular complexity index is 1720. The predicted molar refractivity (Wildman–Crippen MR) is 155 cm³/mol. The number of nitrogens with zero attached hydrogens (tertiary/aromatic N) is 8. The van der Waals surface area contributed by atoms with Crippen LogP contribution >= 0.6 is 11.5 Å². The maximum absolute atomic E-state index is 13.3. The van der Waals surface area contributed by atoms with E-state index in [4.69, 9.17) is 0 Å². The quantitative estimate of drug-likeness (QED) is 0.198. The van der Waals surface area contributed by atoms with Crippen molar-refractivity contribution >= 4 is 35.4 Å². The zero-order valence-electron chi connectivity index (χ0n) is 22.6. The molecule has 5 rings (SSSR count). The van der Waals surface area contributed by atoms with Gasteiger partial charge in [-0.3, -0.25) is 19.8 Å². The van der Waals surface area contributed by atoms with Crippen molar-refractivity contribution in [2.24, 2.45) is 4.99 Å². The maximum Gasteiger partial charge on any atom is 0.270 e. The van der Waals surface area contributed by atoms with E-state index in [2.05, 4.69) is 49.9 Å². The van der Waals surface area contributed by atoms with Crippen LogP contribution in [0.4, 0.5) is 16.2 Å². The highest BCUT2D eigenvalue weighted by Crippen LogP contribution is 2.23. The van der Waals surface area contributed by atoms with Crippen LogP contribution in [-0.4, -0.2) is 53.4 Å². The van der Waals surface area contributed by atoms with Crippen molar-refractivity contribution in [1.82, 2.24) is 39.6 Å². The normalized spacial score (nSPS) is 11.9. The molecule has 0 saturated heterocycles. The third-order valence-electron chi connectivity index (χ3n) is 5.99. The number of hydrogen-bond donors (Lipinski definition) is 2. The fourth-order valence-electron chi connectivity index (χ4n) is 3.96. The van der Waals surface area contributed by atoms with Gasteiger partial charge < -0.3 is 10.6 Å². The van der Waals surface area contributed by atoms with E-state index in [1.54, 1.807) is 56.8 Å². The van der Waals surface area contributed by atoms with E-state index in [1.165, 1.54) is 17.6 Å². The van der Waals surface area contributed by atoms with Crippen molar-refractivity contribution in [2.45, 2.75) is 26.8 Å². The first-order chi connectivity index (χ1) is 19.8. The van der Waals surface area contributed by atoms with Gasteiger partial charge in [-0.25, -0.2) is 15.0 Å². The summed E-state index contributed by atoms with van der Waals surface area (Å²) in [6.07, 6.45) is 4.87. The van der Waals surface area contributed by atoms with Crippen molar-refractivity contribution in [3.05, 3.63) is 88.5 Å². The third-order valence-corrected chi connectivity index (χ3v) is 6.64. The molecule has 206 valence electrons. The number of anilines is 2. The molecule has 5 aromatic rings. The van der Waals surface area contributed by atoms with Gasteiger partial charge >= 0.3 is 0 Å². The number of amides is 1. The Labute approximate surface area is 239 Å². The van der Waals surface area contributed by atoms with Crippen molar-refractivity contribution in [1.29, 1.82) is 0 Å². The summed E-state index contributed by atoms with van der Waals surface area (Å²) in [5.74, 6) is 0.533. The summed E-state index contributed by atoms with van der Waals surface area (Å²) in [5, 5.41) is 6.71. The predicted octanol–water partition coefficient (Wildman–Crippen LogP) is 4.89. The molecule has 0 aliphatic rings. The Kier molecular flexibility index (Phi) is 8.06. The summed E-state index contributed by atoms with van der Waals surface area (Å²) >= 11 is 1.22. The van der Waals surface area contributed by atoms with Crippen LogP contribution in [0.25, 0.3) is 22.6 Å². The zero-order valence-corrected chi connectivity index (χ0v) is 23.4. The van der Waals surface area contributed by atoms with Crippen molar-refractivity contribution in [3.8, 4) is 22.6 Å². The molecule has 0 fully saturated rings. The number of hydrogen-bond acceptors (Lipinski definition) is 11. The van der Waals surface area contributed by atoms with Crippen LogP contribution in [0, 0.1) is 19.8 Å². The minimum absolute atomic E-state index is 0.251. The molecule has 1 unspecified atom stereocenters. The van der Waals surface area contributed by atoms with Crippen LogP contribution in [0.5, 0.6) is 0 Å². The van der Waals surface area contributed by atoms with Gasteiger partial charge in [0.05, 0.1) is 18.0 Å². The highest BCUT2D eigenvalue weighted by molar-refractivity contribution is 7.07. The summed E-state index contributed by atoms with van der Waals surface area (Å²) in [6, 6.07) is 11.5. The van der Waals surface area contributed by atoms with Crippen LogP contribution in [0.1, 0.15) is 45.4 Å². The summed E-state index contributed by atoms with van der Waals surface area (Å²) in [4.78, 5) is 42.9. The lowest BCUT2D eigenvalue weighted by atomic mass is 10.1. The van der Waals surface area contributed by atoms with E-state index in [-0.39, 0.29) is 17.6 Å². The minimum atomic E-state index is -0.532. The van der Waals surface area contributed by atoms with Gasteiger partial charge in [-0.15, -0.1) is 0 Å². The van der Waals surface area contributed by atoms with E-state index in [0.29, 0.717) is 39.5 Å². The first kappa shape index (κ1) is 27.5. The average molecular weight is 569 g/mol. The van der Waals surface area contributed by atoms with E-state index >= 15 is 0 Å². The van der Waals surface area contributed by atoms with Crippen molar-refractivity contribution < 1.29 is 9.18 Å². The summed E-state index contributed by atoms with van der Waals surface area (Å²) < 4.78 is 17.6. The van der Waals surface area contributed by atoms with Gasteiger partial charge in [0.2, 0.25) is 11.9 Å². The lowest BCUT2D eigenvalue weighted by molar-refractivity contribution is 0.0935. The molecule has 0 saturated carbocycles. The second kappa shape index (κ2) is 12.0. The second-order valence-electron chi connectivity index (χ2n) is 9.06. The number of aryl methyl sites for hydroxylation is 2. The number of carbonyl (C=O) groups excluding carboxylic acids is 1. The van der Waals surface area contributed by atoms with E-state index in [1.807, 2.05) is 26.0 Å². The molecule has 0 aromatic carbocycles. The standard InChI is InChI=1S/C28H25FN10OS/c1-15-11-24(37-28-38-25(14-30-4)41-39-28)36-26(33-15)19-6-9-22(32-13-19)27(40)35-16(2)18-5-8-21(31-12-18)20-7-10-23(29)34-17(20)3/h5-14,16H,1-4H3,(H,35,40)(H,33,36,37,39). The minimum Gasteiger partial charge on any atom is -0.344 e. The fourth-order valence-corrected chi connectivity index (χ4v) is 4.51. The molecular weight excluding hydrogens is 543 g/mol. The topological polar surface area (TPSA) is 144 Å². The molecule has 0 spiro atoms. The largest absolute Gasteiger partial charge is 0.344 e. The lowest BCUT2D eigenvalue weighted by Gasteiger charge is -2.14. The van der Waals surface area contributed by atoms with Crippen LogP contribution in [0.3, 0.4) is 0 Å². The Morgan fingerprint density at radius 3 is 2.59 bits per heavy atom. The summed E-state index contributed by atoms with van der Waals surface area (Å²) in [6.45, 7) is 5.45. The van der Waals surface area contributed by atoms with Gasteiger partial charge in [-0.2, -0.15) is 13.7 Å². The van der Waals surface area contributed by atoms with Crippen LogP contribution in [0.15, 0.2) is 59.9 Å². The molecule has 0 radical (unpaired) electrons. The molecule has 41 heavy (non-hydrogen) atoms. The second-order valence-corrected chi connectivity index (χ2v) is 9.84. The van der Waals surface area contributed by atoms with E-state index in [0.717, 1.165) is 16.8 Å². The highest BCUT2D eigenvalue weighted by Gasteiger charge is 2.15. The van der Waals surface area contributed by atoms with Gasteiger partial charge in [-0.1, -0.05) is 6.07 Å². The maximum atomic E-state index is 13.3. The highest BCUT2D eigenvalue weighted by atomic mass is 32.1. The molecule has 0 aliphatic heterocycles.